The zero-order chi connectivity index (χ0) is 20.9. The predicted octanol–water partition coefficient (Wildman–Crippen LogP) is 4.12. The summed E-state index contributed by atoms with van der Waals surface area (Å²) in [6, 6.07) is 16.3. The van der Waals surface area contributed by atoms with Crippen LogP contribution in [0.25, 0.3) is 0 Å². The minimum absolute atomic E-state index is 0.0876. The first-order valence-electron chi connectivity index (χ1n) is 11.1. The average molecular weight is 406 g/mol. The van der Waals surface area contributed by atoms with Gasteiger partial charge in [-0.25, -0.2) is 0 Å². The van der Waals surface area contributed by atoms with Gasteiger partial charge in [0.15, 0.2) is 0 Å². The number of carbonyl (C=O) groups is 2. The molecule has 0 spiro atoms. The summed E-state index contributed by atoms with van der Waals surface area (Å²) >= 11 is 0. The molecule has 0 saturated carbocycles. The highest BCUT2D eigenvalue weighted by molar-refractivity contribution is 5.97. The fraction of sp³-hybridized carbons (Fsp3) is 0.440. The van der Waals surface area contributed by atoms with Crippen molar-refractivity contribution in [1.82, 2.24) is 10.2 Å². The zero-order valence-corrected chi connectivity index (χ0v) is 17.8. The summed E-state index contributed by atoms with van der Waals surface area (Å²) in [7, 11) is 0. The second-order valence-corrected chi connectivity index (χ2v) is 8.46. The van der Waals surface area contributed by atoms with E-state index in [0.717, 1.165) is 31.7 Å². The number of carbonyl (C=O) groups excluding carboxylic acids is 2. The third-order valence-electron chi connectivity index (χ3n) is 6.39. The fourth-order valence-electron chi connectivity index (χ4n) is 4.49. The van der Waals surface area contributed by atoms with Crippen LogP contribution >= 0.6 is 0 Å². The molecule has 30 heavy (non-hydrogen) atoms. The van der Waals surface area contributed by atoms with Crippen molar-refractivity contribution < 1.29 is 9.59 Å². The first kappa shape index (κ1) is 20.6. The molecule has 2 heterocycles. The van der Waals surface area contributed by atoms with Crippen molar-refractivity contribution in [2.45, 2.75) is 58.2 Å². The van der Waals surface area contributed by atoms with E-state index in [1.807, 2.05) is 18.2 Å². The Balaban J connectivity index is 1.37. The topological polar surface area (TPSA) is 52.7 Å². The Morgan fingerprint density at radius 3 is 2.47 bits per heavy atom. The van der Waals surface area contributed by atoms with E-state index in [4.69, 9.17) is 0 Å². The maximum absolute atomic E-state index is 12.7. The third kappa shape index (κ3) is 4.73. The zero-order valence-electron chi connectivity index (χ0n) is 17.8. The number of amides is 2. The number of anilines is 1. The summed E-state index contributed by atoms with van der Waals surface area (Å²) in [4.78, 5) is 28.9. The van der Waals surface area contributed by atoms with Crippen LogP contribution in [0.1, 0.15) is 60.5 Å². The molecule has 2 aromatic carbocycles. The van der Waals surface area contributed by atoms with E-state index in [2.05, 4.69) is 35.3 Å². The Morgan fingerprint density at radius 2 is 1.77 bits per heavy atom. The van der Waals surface area contributed by atoms with Crippen molar-refractivity contribution in [3.63, 3.8) is 0 Å². The highest BCUT2D eigenvalue weighted by atomic mass is 16.2. The van der Waals surface area contributed by atoms with Crippen LogP contribution in [0.4, 0.5) is 5.69 Å². The number of hydrogen-bond donors (Lipinski definition) is 1. The molecule has 1 atom stereocenters. The SMILES string of the molecule is CC1CCCCN1Cc1ccccc1CNC(=O)c1ccc(N2CCCC2=O)cc1. The number of rotatable bonds is 6. The smallest absolute Gasteiger partial charge is 0.251 e. The molecule has 5 heteroatoms. The molecule has 4 rings (SSSR count). The largest absolute Gasteiger partial charge is 0.348 e. The summed E-state index contributed by atoms with van der Waals surface area (Å²) < 4.78 is 0. The van der Waals surface area contributed by atoms with Crippen LogP contribution in [0, 0.1) is 0 Å². The van der Waals surface area contributed by atoms with Crippen molar-refractivity contribution in [1.29, 1.82) is 0 Å². The molecular weight excluding hydrogens is 374 g/mol. The van der Waals surface area contributed by atoms with Crippen molar-refractivity contribution >= 4 is 17.5 Å². The van der Waals surface area contributed by atoms with Crippen LogP contribution in [0.3, 0.4) is 0 Å². The Hall–Kier alpha value is -2.66. The molecule has 2 aliphatic heterocycles. The summed E-state index contributed by atoms with van der Waals surface area (Å²) in [5, 5.41) is 3.06. The van der Waals surface area contributed by atoms with Gasteiger partial charge in [0, 0.05) is 43.3 Å². The summed E-state index contributed by atoms with van der Waals surface area (Å²) in [5.41, 5.74) is 3.94. The van der Waals surface area contributed by atoms with Crippen LogP contribution in [0.15, 0.2) is 48.5 Å². The number of hydrogen-bond acceptors (Lipinski definition) is 3. The van der Waals surface area contributed by atoms with Gasteiger partial charge in [-0.1, -0.05) is 30.7 Å². The fourth-order valence-corrected chi connectivity index (χ4v) is 4.49. The van der Waals surface area contributed by atoms with Crippen molar-refractivity contribution in [3.8, 4) is 0 Å². The Kier molecular flexibility index (Phi) is 6.48. The van der Waals surface area contributed by atoms with Crippen LogP contribution in [0.2, 0.25) is 0 Å². The highest BCUT2D eigenvalue weighted by Crippen LogP contribution is 2.22. The maximum Gasteiger partial charge on any atom is 0.251 e. The Labute approximate surface area is 179 Å². The normalized spacial score (nSPS) is 19.8. The standard InChI is InChI=1S/C25H31N3O2/c1-19-7-4-5-15-27(19)18-22-9-3-2-8-21(22)17-26-25(30)20-11-13-23(14-12-20)28-16-6-10-24(28)29/h2-3,8-9,11-14,19H,4-7,10,15-18H2,1H3,(H,26,30). The molecule has 0 aliphatic carbocycles. The molecule has 2 aliphatic rings. The van der Waals surface area contributed by atoms with E-state index in [1.165, 1.54) is 30.4 Å². The van der Waals surface area contributed by atoms with E-state index >= 15 is 0 Å². The lowest BCUT2D eigenvalue weighted by Crippen LogP contribution is -2.37. The molecule has 0 radical (unpaired) electrons. The monoisotopic (exact) mass is 405 g/mol. The minimum atomic E-state index is -0.0876. The number of likely N-dealkylation sites (tertiary alicyclic amines) is 1. The molecule has 0 bridgehead atoms. The van der Waals surface area contributed by atoms with Crippen molar-refractivity contribution in [2.75, 3.05) is 18.0 Å². The van der Waals surface area contributed by atoms with Gasteiger partial charge in [-0.05, 0) is 68.1 Å². The quantitative estimate of drug-likeness (QED) is 0.787. The van der Waals surface area contributed by atoms with E-state index in [-0.39, 0.29) is 11.8 Å². The van der Waals surface area contributed by atoms with E-state index in [0.29, 0.717) is 24.6 Å². The van der Waals surface area contributed by atoms with Gasteiger partial charge in [0.05, 0.1) is 0 Å². The van der Waals surface area contributed by atoms with E-state index < -0.39 is 0 Å². The molecule has 2 saturated heterocycles. The predicted molar refractivity (Wildman–Crippen MR) is 119 cm³/mol. The van der Waals surface area contributed by atoms with Crippen molar-refractivity contribution in [3.05, 3.63) is 65.2 Å². The average Bonchev–Trinajstić information content (AvgIpc) is 3.20. The Bertz CT molecular complexity index is 894. The molecule has 158 valence electrons. The highest BCUT2D eigenvalue weighted by Gasteiger charge is 2.22. The van der Waals surface area contributed by atoms with Gasteiger partial charge in [0.1, 0.15) is 0 Å². The van der Waals surface area contributed by atoms with Crippen LogP contribution in [-0.2, 0) is 17.9 Å². The van der Waals surface area contributed by atoms with E-state index in [9.17, 15) is 9.59 Å². The minimum Gasteiger partial charge on any atom is -0.348 e. The van der Waals surface area contributed by atoms with Crippen molar-refractivity contribution in [2.24, 2.45) is 0 Å². The lowest BCUT2D eigenvalue weighted by atomic mass is 10.0. The Morgan fingerprint density at radius 1 is 1.00 bits per heavy atom. The molecule has 2 amide bonds. The van der Waals surface area contributed by atoms with Crippen LogP contribution in [0.5, 0.6) is 0 Å². The van der Waals surface area contributed by atoms with Gasteiger partial charge in [0.2, 0.25) is 5.91 Å². The molecule has 0 aromatic heterocycles. The molecule has 2 aromatic rings. The van der Waals surface area contributed by atoms with E-state index in [1.54, 1.807) is 17.0 Å². The van der Waals surface area contributed by atoms with Crippen LogP contribution in [-0.4, -0.2) is 35.8 Å². The van der Waals surface area contributed by atoms with Gasteiger partial charge in [-0.2, -0.15) is 0 Å². The van der Waals surface area contributed by atoms with Gasteiger partial charge < -0.3 is 10.2 Å². The summed E-state index contributed by atoms with van der Waals surface area (Å²) in [5.74, 6) is 0.0716. The number of benzene rings is 2. The first-order valence-corrected chi connectivity index (χ1v) is 11.1. The second kappa shape index (κ2) is 9.43. The molecule has 2 fully saturated rings. The molecule has 5 nitrogen and oxygen atoms in total. The van der Waals surface area contributed by atoms with Crippen LogP contribution < -0.4 is 10.2 Å². The van der Waals surface area contributed by atoms with Gasteiger partial charge in [-0.3, -0.25) is 14.5 Å². The van der Waals surface area contributed by atoms with Gasteiger partial charge in [-0.15, -0.1) is 0 Å². The maximum atomic E-state index is 12.7. The number of nitrogens with one attached hydrogen (secondary N) is 1. The van der Waals surface area contributed by atoms with Gasteiger partial charge in [0.25, 0.3) is 5.91 Å². The lowest BCUT2D eigenvalue weighted by Gasteiger charge is -2.33. The molecule has 1 N–H and O–H groups in total. The number of nitrogens with zero attached hydrogens (tertiary/aromatic N) is 2. The number of piperidine rings is 1. The summed E-state index contributed by atoms with van der Waals surface area (Å²) in [6.07, 6.45) is 5.36. The molecular formula is C25H31N3O2. The lowest BCUT2D eigenvalue weighted by molar-refractivity contribution is -0.117. The third-order valence-corrected chi connectivity index (χ3v) is 6.39. The second-order valence-electron chi connectivity index (χ2n) is 8.46. The molecule has 1 unspecified atom stereocenters. The van der Waals surface area contributed by atoms with Gasteiger partial charge >= 0.3 is 0 Å². The first-order chi connectivity index (χ1) is 14.6. The summed E-state index contributed by atoms with van der Waals surface area (Å²) in [6.45, 7) is 5.67.